The summed E-state index contributed by atoms with van der Waals surface area (Å²) in [5.74, 6) is 0.181. The zero-order valence-electron chi connectivity index (χ0n) is 14.0. The van der Waals surface area contributed by atoms with Gasteiger partial charge >= 0.3 is 0 Å². The third-order valence-electron chi connectivity index (χ3n) is 3.50. The molecular weight excluding hydrogens is 238 g/mol. The van der Waals surface area contributed by atoms with Crippen molar-refractivity contribution in [1.29, 1.82) is 0 Å². The lowest BCUT2D eigenvalue weighted by atomic mass is 9.91. The normalized spacial score (nSPS) is 13.1. The smallest absolute Gasteiger partial charge is 0.163 e. The lowest BCUT2D eigenvalue weighted by molar-refractivity contribution is -0.131. The molecule has 3 heteroatoms. The van der Waals surface area contributed by atoms with Crippen LogP contribution in [0.3, 0.4) is 0 Å². The highest BCUT2D eigenvalue weighted by atomic mass is 16.5. The summed E-state index contributed by atoms with van der Waals surface area (Å²) in [7, 11) is 2.17. The van der Waals surface area contributed by atoms with Gasteiger partial charge in [-0.15, -0.1) is 0 Å². The van der Waals surface area contributed by atoms with Gasteiger partial charge in [0.1, 0.15) is 6.61 Å². The van der Waals surface area contributed by atoms with Crippen molar-refractivity contribution in [3.05, 3.63) is 0 Å². The first kappa shape index (κ1) is 18.6. The van der Waals surface area contributed by atoms with E-state index in [1.54, 1.807) is 0 Å². The Morgan fingerprint density at radius 2 is 1.58 bits per heavy atom. The number of ether oxygens (including phenoxy) is 1. The van der Waals surface area contributed by atoms with Crippen LogP contribution in [0, 0.1) is 5.41 Å². The van der Waals surface area contributed by atoms with E-state index in [1.165, 1.54) is 6.42 Å². The third-order valence-corrected chi connectivity index (χ3v) is 3.50. The van der Waals surface area contributed by atoms with E-state index in [4.69, 9.17) is 4.74 Å². The Morgan fingerprint density at radius 3 is 2.05 bits per heavy atom. The first-order chi connectivity index (χ1) is 8.55. The summed E-state index contributed by atoms with van der Waals surface area (Å²) in [5, 5.41) is 0. The number of hydrogen-bond acceptors (Lipinski definition) is 3. The Labute approximate surface area is 119 Å². The molecule has 0 aliphatic rings. The first-order valence-corrected chi connectivity index (χ1v) is 7.37. The molecule has 0 heterocycles. The summed E-state index contributed by atoms with van der Waals surface area (Å²) in [6.07, 6.45) is 3.38. The average Bonchev–Trinajstić information content (AvgIpc) is 2.24. The lowest BCUT2D eigenvalue weighted by Crippen LogP contribution is -2.38. The summed E-state index contributed by atoms with van der Waals surface area (Å²) < 4.78 is 5.43. The van der Waals surface area contributed by atoms with Crippen molar-refractivity contribution >= 4 is 5.78 Å². The number of carbonyl (C=O) groups is 1. The molecule has 0 aromatic carbocycles. The summed E-state index contributed by atoms with van der Waals surface area (Å²) in [6.45, 7) is 14.6. The van der Waals surface area contributed by atoms with Gasteiger partial charge in [0.05, 0.1) is 0 Å². The molecule has 0 N–H and O–H groups in total. The maximum absolute atomic E-state index is 11.6. The van der Waals surface area contributed by atoms with Gasteiger partial charge in [0.15, 0.2) is 5.78 Å². The molecule has 19 heavy (non-hydrogen) atoms. The lowest BCUT2D eigenvalue weighted by Gasteiger charge is -2.31. The Kier molecular flexibility index (Phi) is 7.83. The second kappa shape index (κ2) is 8.01. The quantitative estimate of drug-likeness (QED) is 0.633. The van der Waals surface area contributed by atoms with Gasteiger partial charge in [-0.05, 0) is 53.6 Å². The maximum Gasteiger partial charge on any atom is 0.163 e. The number of unbranched alkanes of at least 4 members (excludes halogenated alkanes) is 2. The average molecular weight is 271 g/mol. The molecule has 0 saturated heterocycles. The van der Waals surface area contributed by atoms with Crippen molar-refractivity contribution in [1.82, 2.24) is 4.90 Å². The van der Waals surface area contributed by atoms with Crippen LogP contribution >= 0.6 is 0 Å². The monoisotopic (exact) mass is 271 g/mol. The molecule has 0 aromatic rings. The van der Waals surface area contributed by atoms with Crippen LogP contribution in [0.5, 0.6) is 0 Å². The van der Waals surface area contributed by atoms with Crippen LogP contribution in [-0.2, 0) is 9.53 Å². The zero-order valence-corrected chi connectivity index (χ0v) is 14.0. The van der Waals surface area contributed by atoms with Gasteiger partial charge in [0.25, 0.3) is 0 Å². The number of ketones is 1. The fourth-order valence-corrected chi connectivity index (χ4v) is 1.45. The topological polar surface area (TPSA) is 29.5 Å². The van der Waals surface area contributed by atoms with E-state index < -0.39 is 0 Å². The Bertz CT molecular complexity index is 261. The molecule has 0 aliphatic heterocycles. The van der Waals surface area contributed by atoms with Crippen LogP contribution in [0.4, 0.5) is 0 Å². The van der Waals surface area contributed by atoms with Gasteiger partial charge in [-0.3, -0.25) is 4.79 Å². The zero-order chi connectivity index (χ0) is 15.1. The van der Waals surface area contributed by atoms with Crippen molar-refractivity contribution in [2.24, 2.45) is 5.41 Å². The van der Waals surface area contributed by atoms with E-state index in [0.717, 1.165) is 19.4 Å². The molecule has 0 amide bonds. The van der Waals surface area contributed by atoms with Crippen molar-refractivity contribution in [2.45, 2.75) is 66.3 Å². The van der Waals surface area contributed by atoms with Gasteiger partial charge in [-0.25, -0.2) is 0 Å². The largest absolute Gasteiger partial charge is 0.374 e. The summed E-state index contributed by atoms with van der Waals surface area (Å²) in [6, 6.07) is 0. The van der Waals surface area contributed by atoms with E-state index in [1.807, 2.05) is 20.8 Å². The van der Waals surface area contributed by atoms with E-state index >= 15 is 0 Å². The fourth-order valence-electron chi connectivity index (χ4n) is 1.45. The number of hydrogen-bond donors (Lipinski definition) is 0. The highest BCUT2D eigenvalue weighted by Gasteiger charge is 2.20. The fraction of sp³-hybridized carbons (Fsp3) is 0.938. The Balaban J connectivity index is 3.50. The van der Waals surface area contributed by atoms with Crippen LogP contribution in [0.2, 0.25) is 0 Å². The second-order valence-electron chi connectivity index (χ2n) is 7.38. The van der Waals surface area contributed by atoms with Crippen LogP contribution < -0.4 is 0 Å². The highest BCUT2D eigenvalue weighted by molar-refractivity contribution is 5.84. The molecule has 0 atom stereocenters. The molecule has 0 spiro atoms. The molecule has 0 aromatic heterocycles. The molecule has 114 valence electrons. The van der Waals surface area contributed by atoms with Crippen molar-refractivity contribution in [3.63, 3.8) is 0 Å². The number of carbonyl (C=O) groups excluding carboxylic acids is 1. The van der Waals surface area contributed by atoms with Crippen LogP contribution in [0.1, 0.15) is 60.8 Å². The molecule has 0 radical (unpaired) electrons. The number of rotatable bonds is 8. The van der Waals surface area contributed by atoms with Gasteiger partial charge in [-0.2, -0.15) is 0 Å². The molecule has 0 aliphatic carbocycles. The predicted molar refractivity (Wildman–Crippen MR) is 81.5 cm³/mol. The second-order valence-corrected chi connectivity index (χ2v) is 7.38. The molecule has 0 saturated carbocycles. The number of Topliss-reactive ketones (excluding diaryl/α,β-unsaturated/α-hetero) is 1. The van der Waals surface area contributed by atoms with E-state index in [0.29, 0.717) is 6.61 Å². The van der Waals surface area contributed by atoms with Crippen molar-refractivity contribution in [3.8, 4) is 0 Å². The molecule has 0 rings (SSSR count). The van der Waals surface area contributed by atoms with E-state index in [-0.39, 0.29) is 23.3 Å². The first-order valence-electron chi connectivity index (χ1n) is 7.37. The van der Waals surface area contributed by atoms with Crippen molar-refractivity contribution < 1.29 is 9.53 Å². The van der Waals surface area contributed by atoms with Crippen molar-refractivity contribution in [2.75, 3.05) is 26.8 Å². The minimum Gasteiger partial charge on any atom is -0.374 e. The minimum absolute atomic E-state index is 0.181. The van der Waals surface area contributed by atoms with Gasteiger partial charge < -0.3 is 9.64 Å². The molecule has 0 unspecified atom stereocenters. The Hall–Kier alpha value is -0.410. The van der Waals surface area contributed by atoms with Gasteiger partial charge in [0, 0.05) is 17.6 Å². The number of nitrogens with zero attached hydrogens (tertiary/aromatic N) is 1. The van der Waals surface area contributed by atoms with Gasteiger partial charge in [0.2, 0.25) is 0 Å². The van der Waals surface area contributed by atoms with Crippen LogP contribution in [-0.4, -0.2) is 43.0 Å². The molecular formula is C16H33NO2. The van der Waals surface area contributed by atoms with Crippen LogP contribution in [0.25, 0.3) is 0 Å². The maximum atomic E-state index is 11.6. The van der Waals surface area contributed by atoms with E-state index in [9.17, 15) is 4.79 Å². The Morgan fingerprint density at radius 1 is 1.00 bits per heavy atom. The molecule has 3 nitrogen and oxygen atoms in total. The van der Waals surface area contributed by atoms with E-state index in [2.05, 4.69) is 32.7 Å². The molecule has 0 bridgehead atoms. The third kappa shape index (κ3) is 9.17. The predicted octanol–water partition coefficient (Wildman–Crippen LogP) is 3.52. The molecule has 0 fully saturated rings. The summed E-state index contributed by atoms with van der Waals surface area (Å²) >= 11 is 0. The summed E-state index contributed by atoms with van der Waals surface area (Å²) in [5.41, 5.74) is -0.0367. The minimum atomic E-state index is -0.282. The highest BCUT2D eigenvalue weighted by Crippen LogP contribution is 2.14. The summed E-state index contributed by atoms with van der Waals surface area (Å²) in [4.78, 5) is 14.0. The standard InChI is InChI=1S/C16H33NO2/c1-15(2,3)14(18)13-19-12-10-8-9-11-17(7)16(4,5)6/h8-13H2,1-7H3. The van der Waals surface area contributed by atoms with Gasteiger partial charge in [-0.1, -0.05) is 20.8 Å². The van der Waals surface area contributed by atoms with Crippen LogP contribution in [0.15, 0.2) is 0 Å². The SMILES string of the molecule is CN(CCCCCOCC(=O)C(C)(C)C)C(C)(C)C.